The molecule has 4 rings (SSSR count). The molecule has 154 valence electrons. The number of piperazine rings is 1. The molecule has 0 saturated carbocycles. The number of carbonyl (C=O) groups is 1. The van der Waals surface area contributed by atoms with E-state index in [0.717, 1.165) is 17.1 Å². The van der Waals surface area contributed by atoms with Crippen LogP contribution >= 0.6 is 0 Å². The second-order valence-electron chi connectivity index (χ2n) is 6.86. The molecular weight excluding hydrogens is 382 g/mol. The summed E-state index contributed by atoms with van der Waals surface area (Å²) in [7, 11) is 3.14. The Labute approximate surface area is 175 Å². The largest absolute Gasteiger partial charge is 0.497 e. The van der Waals surface area contributed by atoms with Crippen LogP contribution in [-0.2, 0) is 0 Å². The van der Waals surface area contributed by atoms with Crippen LogP contribution in [0.2, 0.25) is 0 Å². The molecule has 8 nitrogen and oxygen atoms in total. The fraction of sp³-hybridized carbons (Fsp3) is 0.273. The maximum atomic E-state index is 13.0. The highest BCUT2D eigenvalue weighted by Gasteiger charge is 2.25. The van der Waals surface area contributed by atoms with Crippen LogP contribution in [0, 0.1) is 0 Å². The van der Waals surface area contributed by atoms with E-state index >= 15 is 0 Å². The predicted molar refractivity (Wildman–Crippen MR) is 113 cm³/mol. The molecule has 30 heavy (non-hydrogen) atoms. The van der Waals surface area contributed by atoms with Crippen molar-refractivity contribution in [1.82, 2.24) is 20.1 Å². The van der Waals surface area contributed by atoms with Gasteiger partial charge in [0.2, 0.25) is 0 Å². The highest BCUT2D eigenvalue weighted by Crippen LogP contribution is 2.26. The Hall–Kier alpha value is -3.68. The minimum Gasteiger partial charge on any atom is -0.497 e. The van der Waals surface area contributed by atoms with Gasteiger partial charge in [-0.15, -0.1) is 10.2 Å². The molecule has 1 aliphatic heterocycles. The molecule has 3 heterocycles. The highest BCUT2D eigenvalue weighted by molar-refractivity contribution is 5.97. The molecule has 1 fully saturated rings. The molecule has 8 heteroatoms. The van der Waals surface area contributed by atoms with Gasteiger partial charge in [-0.2, -0.15) is 0 Å². The highest BCUT2D eigenvalue weighted by atomic mass is 16.5. The Morgan fingerprint density at radius 3 is 2.30 bits per heavy atom. The van der Waals surface area contributed by atoms with Crippen LogP contribution in [0.25, 0.3) is 11.3 Å². The standard InChI is InChI=1S/C22H23N5O3/c1-29-17-3-5-20(30-2)18(15-17)22(28)27-13-11-26(12-14-27)21-6-4-19(24-25-21)16-7-9-23-10-8-16/h3-10,15H,11-14H2,1-2H3. The Morgan fingerprint density at radius 1 is 0.900 bits per heavy atom. The molecule has 0 atom stereocenters. The van der Waals surface area contributed by atoms with Crippen molar-refractivity contribution in [3.63, 3.8) is 0 Å². The number of methoxy groups -OCH3 is 2. The van der Waals surface area contributed by atoms with Crippen molar-refractivity contribution in [2.24, 2.45) is 0 Å². The van der Waals surface area contributed by atoms with E-state index in [1.807, 2.05) is 29.2 Å². The van der Waals surface area contributed by atoms with Gasteiger partial charge in [0, 0.05) is 44.1 Å². The van der Waals surface area contributed by atoms with Crippen LogP contribution < -0.4 is 14.4 Å². The molecule has 1 saturated heterocycles. The molecule has 0 spiro atoms. The smallest absolute Gasteiger partial charge is 0.257 e. The molecule has 3 aromatic rings. The van der Waals surface area contributed by atoms with Crippen molar-refractivity contribution in [3.05, 3.63) is 60.4 Å². The van der Waals surface area contributed by atoms with Crippen LogP contribution in [-0.4, -0.2) is 66.4 Å². The number of aromatic nitrogens is 3. The summed E-state index contributed by atoms with van der Waals surface area (Å²) >= 11 is 0. The Balaban J connectivity index is 1.42. The zero-order valence-electron chi connectivity index (χ0n) is 17.0. The molecule has 1 aromatic carbocycles. The summed E-state index contributed by atoms with van der Waals surface area (Å²) in [6.07, 6.45) is 3.47. The molecular formula is C22H23N5O3. The Bertz CT molecular complexity index is 1000. The summed E-state index contributed by atoms with van der Waals surface area (Å²) in [6.45, 7) is 2.54. The van der Waals surface area contributed by atoms with Crippen molar-refractivity contribution in [1.29, 1.82) is 0 Å². The number of anilines is 1. The fourth-order valence-electron chi connectivity index (χ4n) is 3.46. The Morgan fingerprint density at radius 2 is 1.67 bits per heavy atom. The number of hydrogen-bond donors (Lipinski definition) is 0. The SMILES string of the molecule is COc1ccc(OC)c(C(=O)N2CCN(c3ccc(-c4ccncc4)nn3)CC2)c1. The molecule has 2 aromatic heterocycles. The zero-order valence-corrected chi connectivity index (χ0v) is 17.0. The van der Waals surface area contributed by atoms with Crippen LogP contribution in [0.4, 0.5) is 5.82 Å². The molecule has 0 unspecified atom stereocenters. The van der Waals surface area contributed by atoms with Gasteiger partial charge in [-0.3, -0.25) is 9.78 Å². The van der Waals surface area contributed by atoms with Gasteiger partial charge in [0.1, 0.15) is 11.5 Å². The van der Waals surface area contributed by atoms with Crippen LogP contribution in [0.3, 0.4) is 0 Å². The van der Waals surface area contributed by atoms with E-state index in [-0.39, 0.29) is 5.91 Å². The van der Waals surface area contributed by atoms with Gasteiger partial charge in [0.05, 0.1) is 25.5 Å². The summed E-state index contributed by atoms with van der Waals surface area (Å²) in [6, 6.07) is 13.0. The number of rotatable bonds is 5. The van der Waals surface area contributed by atoms with Crippen LogP contribution in [0.15, 0.2) is 54.9 Å². The lowest BCUT2D eigenvalue weighted by Gasteiger charge is -2.35. The average Bonchev–Trinajstić information content (AvgIpc) is 2.84. The first kappa shape index (κ1) is 19.6. The quantitative estimate of drug-likeness (QED) is 0.645. The number of pyridine rings is 1. The molecule has 1 amide bonds. The van der Waals surface area contributed by atoms with Gasteiger partial charge in [-0.25, -0.2) is 0 Å². The second kappa shape index (κ2) is 8.77. The van der Waals surface area contributed by atoms with Crippen molar-refractivity contribution < 1.29 is 14.3 Å². The van der Waals surface area contributed by atoms with Crippen molar-refractivity contribution in [2.75, 3.05) is 45.3 Å². The predicted octanol–water partition coefficient (Wildman–Crippen LogP) is 2.52. The van der Waals surface area contributed by atoms with Gasteiger partial charge in [-0.1, -0.05) is 0 Å². The Kier molecular flexibility index (Phi) is 5.74. The van der Waals surface area contributed by atoms with Crippen molar-refractivity contribution >= 4 is 11.7 Å². The first-order valence-electron chi connectivity index (χ1n) is 9.70. The number of carbonyl (C=O) groups excluding carboxylic acids is 1. The monoisotopic (exact) mass is 405 g/mol. The summed E-state index contributed by atoms with van der Waals surface area (Å²) in [4.78, 5) is 21.0. The van der Waals surface area contributed by atoms with E-state index in [4.69, 9.17) is 9.47 Å². The van der Waals surface area contributed by atoms with Crippen LogP contribution in [0.1, 0.15) is 10.4 Å². The summed E-state index contributed by atoms with van der Waals surface area (Å²) < 4.78 is 10.6. The molecule has 0 bridgehead atoms. The van der Waals surface area contributed by atoms with E-state index in [2.05, 4.69) is 20.1 Å². The maximum absolute atomic E-state index is 13.0. The average molecular weight is 405 g/mol. The third kappa shape index (κ3) is 4.03. The fourth-order valence-corrected chi connectivity index (χ4v) is 3.46. The minimum atomic E-state index is -0.0653. The summed E-state index contributed by atoms with van der Waals surface area (Å²) in [5, 5.41) is 8.71. The van der Waals surface area contributed by atoms with Gasteiger partial charge >= 0.3 is 0 Å². The minimum absolute atomic E-state index is 0.0653. The van der Waals surface area contributed by atoms with Gasteiger partial charge in [-0.05, 0) is 42.5 Å². The maximum Gasteiger partial charge on any atom is 0.257 e. The number of benzene rings is 1. The number of hydrogen-bond acceptors (Lipinski definition) is 7. The lowest BCUT2D eigenvalue weighted by atomic mass is 10.1. The van der Waals surface area contributed by atoms with E-state index in [9.17, 15) is 4.79 Å². The van der Waals surface area contributed by atoms with Gasteiger partial charge in [0.25, 0.3) is 5.91 Å². The second-order valence-corrected chi connectivity index (χ2v) is 6.86. The topological polar surface area (TPSA) is 80.7 Å². The number of amides is 1. The van der Waals surface area contributed by atoms with Crippen molar-refractivity contribution in [2.45, 2.75) is 0 Å². The van der Waals surface area contributed by atoms with Crippen molar-refractivity contribution in [3.8, 4) is 22.8 Å². The molecule has 0 radical (unpaired) electrons. The van der Waals surface area contributed by atoms with E-state index in [1.54, 1.807) is 44.8 Å². The van der Waals surface area contributed by atoms with Gasteiger partial charge in [0.15, 0.2) is 5.82 Å². The first-order valence-corrected chi connectivity index (χ1v) is 9.70. The lowest BCUT2D eigenvalue weighted by Crippen LogP contribution is -2.49. The van der Waals surface area contributed by atoms with Crippen LogP contribution in [0.5, 0.6) is 11.5 Å². The third-order valence-corrected chi connectivity index (χ3v) is 5.15. The molecule has 0 N–H and O–H groups in total. The summed E-state index contributed by atoms with van der Waals surface area (Å²) in [5.41, 5.74) is 2.29. The van der Waals surface area contributed by atoms with E-state index < -0.39 is 0 Å². The number of ether oxygens (including phenoxy) is 2. The third-order valence-electron chi connectivity index (χ3n) is 5.15. The number of nitrogens with zero attached hydrogens (tertiary/aromatic N) is 5. The lowest BCUT2D eigenvalue weighted by molar-refractivity contribution is 0.0742. The normalized spacial score (nSPS) is 13.8. The van der Waals surface area contributed by atoms with Gasteiger partial charge < -0.3 is 19.3 Å². The summed E-state index contributed by atoms with van der Waals surface area (Å²) in [5.74, 6) is 1.91. The molecule has 1 aliphatic rings. The van der Waals surface area contributed by atoms with E-state index in [1.165, 1.54) is 0 Å². The molecule has 0 aliphatic carbocycles. The van der Waals surface area contributed by atoms with E-state index in [0.29, 0.717) is 43.2 Å². The zero-order chi connectivity index (χ0) is 20.9. The first-order chi connectivity index (χ1) is 14.7.